The molecule has 1 aromatic carbocycles. The maximum Gasteiger partial charge on any atom is 0.0316 e. The first-order valence-corrected chi connectivity index (χ1v) is 4.97. The van der Waals surface area contributed by atoms with E-state index in [2.05, 4.69) is 12.1 Å². The molecule has 0 unspecified atom stereocenters. The molecule has 0 amide bonds. The van der Waals surface area contributed by atoms with Gasteiger partial charge < -0.3 is 5.73 Å². The molecule has 2 heteroatoms. The fourth-order valence-electron chi connectivity index (χ4n) is 1.38. The van der Waals surface area contributed by atoms with Crippen LogP contribution < -0.4 is 5.73 Å². The number of nitrogens with two attached hydrogens (primary N) is 1. The minimum absolute atomic E-state index is 0.899. The summed E-state index contributed by atoms with van der Waals surface area (Å²) in [5.74, 6) is 2.41. The summed E-state index contributed by atoms with van der Waals surface area (Å²) in [6.45, 7) is 0. The molecule has 1 aromatic rings. The molecule has 2 rings (SSSR count). The minimum atomic E-state index is 0.899. The molecular weight excluding hydrogens is 154 g/mol. The van der Waals surface area contributed by atoms with Gasteiger partial charge in [-0.3, -0.25) is 0 Å². The van der Waals surface area contributed by atoms with Gasteiger partial charge in [0.1, 0.15) is 0 Å². The number of anilines is 1. The Morgan fingerprint density at radius 1 is 1.27 bits per heavy atom. The predicted octanol–water partition coefficient (Wildman–Crippen LogP) is 2.06. The third-order valence-corrected chi connectivity index (χ3v) is 3.01. The van der Waals surface area contributed by atoms with Crippen LogP contribution in [0.25, 0.3) is 0 Å². The van der Waals surface area contributed by atoms with Gasteiger partial charge in [0.25, 0.3) is 0 Å². The Kier molecular flexibility index (Phi) is 1.78. The highest BCUT2D eigenvalue weighted by Gasteiger charge is 2.08. The summed E-state index contributed by atoms with van der Waals surface area (Å²) in [6.07, 6.45) is 1.19. The van der Waals surface area contributed by atoms with Crippen molar-refractivity contribution in [1.82, 2.24) is 0 Å². The quantitative estimate of drug-likeness (QED) is 0.595. The van der Waals surface area contributed by atoms with Crippen molar-refractivity contribution >= 4 is 17.4 Å². The Bertz CT molecular complexity index is 270. The SMILES string of the molecule is Nc1ccc2c(c1)CCSC2. The van der Waals surface area contributed by atoms with Crippen molar-refractivity contribution in [2.24, 2.45) is 0 Å². The fourth-order valence-corrected chi connectivity index (χ4v) is 2.39. The lowest BCUT2D eigenvalue weighted by molar-refractivity contribution is 1.09. The number of rotatable bonds is 0. The van der Waals surface area contributed by atoms with Crippen LogP contribution in [-0.2, 0) is 12.2 Å². The van der Waals surface area contributed by atoms with Gasteiger partial charge in [0.2, 0.25) is 0 Å². The number of fused-ring (bicyclic) bond motifs is 1. The van der Waals surface area contributed by atoms with E-state index in [0.29, 0.717) is 0 Å². The van der Waals surface area contributed by atoms with Crippen molar-refractivity contribution in [2.45, 2.75) is 12.2 Å². The van der Waals surface area contributed by atoms with Crippen LogP contribution in [0.2, 0.25) is 0 Å². The number of hydrogen-bond acceptors (Lipinski definition) is 2. The van der Waals surface area contributed by atoms with E-state index in [4.69, 9.17) is 5.73 Å². The highest BCUT2D eigenvalue weighted by Crippen LogP contribution is 2.25. The molecule has 0 fully saturated rings. The van der Waals surface area contributed by atoms with Crippen LogP contribution in [0.15, 0.2) is 18.2 Å². The van der Waals surface area contributed by atoms with Gasteiger partial charge in [-0.1, -0.05) is 6.07 Å². The van der Waals surface area contributed by atoms with E-state index in [0.717, 1.165) is 11.4 Å². The minimum Gasteiger partial charge on any atom is -0.399 e. The van der Waals surface area contributed by atoms with Crippen LogP contribution in [0.3, 0.4) is 0 Å². The van der Waals surface area contributed by atoms with Crippen LogP contribution in [0.1, 0.15) is 11.1 Å². The molecule has 0 spiro atoms. The molecule has 0 aliphatic carbocycles. The first-order valence-electron chi connectivity index (χ1n) is 3.81. The van der Waals surface area contributed by atoms with Crippen LogP contribution in [0.4, 0.5) is 5.69 Å². The van der Waals surface area contributed by atoms with Gasteiger partial charge in [-0.2, -0.15) is 11.8 Å². The van der Waals surface area contributed by atoms with Crippen LogP contribution in [-0.4, -0.2) is 5.75 Å². The molecule has 0 aromatic heterocycles. The van der Waals surface area contributed by atoms with Gasteiger partial charge in [-0.05, 0) is 35.4 Å². The first kappa shape index (κ1) is 7.04. The third kappa shape index (κ3) is 1.36. The summed E-state index contributed by atoms with van der Waals surface area (Å²) < 4.78 is 0. The predicted molar refractivity (Wildman–Crippen MR) is 50.7 cm³/mol. The van der Waals surface area contributed by atoms with Gasteiger partial charge in [-0.25, -0.2) is 0 Å². The average Bonchev–Trinajstić information content (AvgIpc) is 2.04. The third-order valence-electron chi connectivity index (χ3n) is 2.00. The molecule has 0 saturated heterocycles. The topological polar surface area (TPSA) is 26.0 Å². The van der Waals surface area contributed by atoms with Crippen molar-refractivity contribution in [3.05, 3.63) is 29.3 Å². The van der Waals surface area contributed by atoms with E-state index >= 15 is 0 Å². The second-order valence-corrected chi connectivity index (χ2v) is 3.94. The summed E-state index contributed by atoms with van der Waals surface area (Å²) in [7, 11) is 0. The Balaban J connectivity index is 2.43. The van der Waals surface area contributed by atoms with E-state index in [1.807, 2.05) is 17.8 Å². The fraction of sp³-hybridized carbons (Fsp3) is 0.333. The molecule has 58 valence electrons. The number of benzene rings is 1. The largest absolute Gasteiger partial charge is 0.399 e. The lowest BCUT2D eigenvalue weighted by Gasteiger charge is -2.14. The van der Waals surface area contributed by atoms with Crippen molar-refractivity contribution in [3.63, 3.8) is 0 Å². The Hall–Kier alpha value is -0.630. The number of nitrogen functional groups attached to an aromatic ring is 1. The van der Waals surface area contributed by atoms with Crippen LogP contribution in [0.5, 0.6) is 0 Å². The summed E-state index contributed by atoms with van der Waals surface area (Å²) in [5.41, 5.74) is 9.49. The molecule has 1 nitrogen and oxygen atoms in total. The van der Waals surface area contributed by atoms with E-state index in [-0.39, 0.29) is 0 Å². The molecule has 11 heavy (non-hydrogen) atoms. The number of aryl methyl sites for hydroxylation is 1. The zero-order valence-corrected chi connectivity index (χ0v) is 7.16. The maximum atomic E-state index is 5.68. The molecule has 1 aliphatic heterocycles. The van der Waals surface area contributed by atoms with Crippen LogP contribution >= 0.6 is 11.8 Å². The smallest absolute Gasteiger partial charge is 0.0316 e. The second kappa shape index (κ2) is 2.78. The standard InChI is InChI=1S/C9H11NS/c10-9-2-1-8-6-11-4-3-7(8)5-9/h1-2,5H,3-4,6,10H2. The number of thioether (sulfide) groups is 1. The van der Waals surface area contributed by atoms with Gasteiger partial charge in [0, 0.05) is 11.4 Å². The molecule has 1 aliphatic rings. The van der Waals surface area contributed by atoms with Gasteiger partial charge in [0.15, 0.2) is 0 Å². The highest BCUT2D eigenvalue weighted by molar-refractivity contribution is 7.98. The lowest BCUT2D eigenvalue weighted by atomic mass is 10.1. The monoisotopic (exact) mass is 165 g/mol. The molecule has 0 saturated carbocycles. The Labute approximate surface area is 71.0 Å². The summed E-state index contributed by atoms with van der Waals surface area (Å²) >= 11 is 2.00. The van der Waals surface area contributed by atoms with E-state index in [9.17, 15) is 0 Å². The summed E-state index contributed by atoms with van der Waals surface area (Å²) in [6, 6.07) is 6.25. The first-order chi connectivity index (χ1) is 5.36. The Morgan fingerprint density at radius 2 is 2.18 bits per heavy atom. The lowest BCUT2D eigenvalue weighted by Crippen LogP contribution is -2.02. The molecule has 2 N–H and O–H groups in total. The maximum absolute atomic E-state index is 5.68. The molecular formula is C9H11NS. The van der Waals surface area contributed by atoms with Crippen LogP contribution in [0, 0.1) is 0 Å². The molecule has 0 bridgehead atoms. The van der Waals surface area contributed by atoms with Gasteiger partial charge in [-0.15, -0.1) is 0 Å². The highest BCUT2D eigenvalue weighted by atomic mass is 32.2. The summed E-state index contributed by atoms with van der Waals surface area (Å²) in [4.78, 5) is 0. The van der Waals surface area contributed by atoms with E-state index in [1.165, 1.54) is 23.3 Å². The zero-order valence-electron chi connectivity index (χ0n) is 6.34. The molecule has 0 atom stereocenters. The van der Waals surface area contributed by atoms with Gasteiger partial charge in [0.05, 0.1) is 0 Å². The van der Waals surface area contributed by atoms with Crippen molar-refractivity contribution in [1.29, 1.82) is 0 Å². The average molecular weight is 165 g/mol. The van der Waals surface area contributed by atoms with E-state index in [1.54, 1.807) is 0 Å². The van der Waals surface area contributed by atoms with Crippen molar-refractivity contribution < 1.29 is 0 Å². The molecule has 1 heterocycles. The van der Waals surface area contributed by atoms with E-state index < -0.39 is 0 Å². The van der Waals surface area contributed by atoms with Crippen molar-refractivity contribution in [3.8, 4) is 0 Å². The number of hydrogen-bond donors (Lipinski definition) is 1. The normalized spacial score (nSPS) is 16.0. The summed E-state index contributed by atoms with van der Waals surface area (Å²) in [5, 5.41) is 0. The van der Waals surface area contributed by atoms with Crippen molar-refractivity contribution in [2.75, 3.05) is 11.5 Å². The zero-order chi connectivity index (χ0) is 7.68. The van der Waals surface area contributed by atoms with Gasteiger partial charge >= 0.3 is 0 Å². The second-order valence-electron chi connectivity index (χ2n) is 2.83. The molecule has 0 radical (unpaired) electrons. The Morgan fingerprint density at radius 3 is 3.09 bits per heavy atom.